The van der Waals surface area contributed by atoms with E-state index in [0.717, 1.165) is 12.0 Å². The van der Waals surface area contributed by atoms with Crippen LogP contribution in [0.15, 0.2) is 48.5 Å². The number of benzene rings is 2. The molecule has 0 heterocycles. The number of carbonyl (C=O) groups is 1. The van der Waals surface area contributed by atoms with E-state index in [-0.39, 0.29) is 5.78 Å². The lowest BCUT2D eigenvalue weighted by molar-refractivity contribution is 0.103. The van der Waals surface area contributed by atoms with Crippen molar-refractivity contribution in [3.05, 3.63) is 70.2 Å². The van der Waals surface area contributed by atoms with Crippen molar-refractivity contribution in [3.8, 4) is 0 Å². The monoisotopic (exact) mass is 244 g/mol. The first kappa shape index (κ1) is 11.9. The molecule has 0 spiro atoms. The maximum absolute atomic E-state index is 12.3. The van der Waals surface area contributed by atoms with E-state index in [1.165, 1.54) is 0 Å². The molecule has 86 valence electrons. The van der Waals surface area contributed by atoms with Crippen LogP contribution in [-0.2, 0) is 6.42 Å². The summed E-state index contributed by atoms with van der Waals surface area (Å²) in [5.41, 5.74) is 2.41. The summed E-state index contributed by atoms with van der Waals surface area (Å²) in [6.07, 6.45) is 0.920. The second-order valence-electron chi connectivity index (χ2n) is 3.86. The van der Waals surface area contributed by atoms with Crippen LogP contribution in [0.2, 0.25) is 5.02 Å². The molecule has 0 unspecified atom stereocenters. The molecule has 0 atom stereocenters. The number of ketones is 1. The van der Waals surface area contributed by atoms with Gasteiger partial charge < -0.3 is 0 Å². The Balaban J connectivity index is 2.40. The average Bonchev–Trinajstić information content (AvgIpc) is 2.38. The first-order chi connectivity index (χ1) is 8.22. The molecule has 2 rings (SSSR count). The van der Waals surface area contributed by atoms with Gasteiger partial charge in [-0.15, -0.1) is 0 Å². The van der Waals surface area contributed by atoms with E-state index in [1.807, 2.05) is 36.4 Å². The molecular weight excluding hydrogens is 232 g/mol. The molecule has 0 saturated heterocycles. The lowest BCUT2D eigenvalue weighted by Crippen LogP contribution is -2.02. The van der Waals surface area contributed by atoms with E-state index in [0.29, 0.717) is 16.1 Å². The van der Waals surface area contributed by atoms with Crippen molar-refractivity contribution < 1.29 is 4.79 Å². The molecule has 0 aliphatic heterocycles. The average molecular weight is 245 g/mol. The number of hydrogen-bond donors (Lipinski definition) is 0. The molecule has 0 N–H and O–H groups in total. The zero-order valence-electron chi connectivity index (χ0n) is 9.61. The molecule has 0 bridgehead atoms. The van der Waals surface area contributed by atoms with Gasteiger partial charge in [0.05, 0.1) is 5.02 Å². The first-order valence-electron chi connectivity index (χ1n) is 5.60. The minimum atomic E-state index is -0.0223. The first-order valence-corrected chi connectivity index (χ1v) is 5.98. The van der Waals surface area contributed by atoms with Gasteiger partial charge in [0, 0.05) is 11.1 Å². The highest BCUT2D eigenvalue weighted by Crippen LogP contribution is 2.19. The van der Waals surface area contributed by atoms with Crippen molar-refractivity contribution >= 4 is 17.4 Å². The van der Waals surface area contributed by atoms with Crippen LogP contribution in [0.4, 0.5) is 0 Å². The van der Waals surface area contributed by atoms with E-state index < -0.39 is 0 Å². The van der Waals surface area contributed by atoms with Gasteiger partial charge in [-0.1, -0.05) is 48.9 Å². The van der Waals surface area contributed by atoms with Crippen molar-refractivity contribution in [1.29, 1.82) is 0 Å². The van der Waals surface area contributed by atoms with Crippen LogP contribution in [0.3, 0.4) is 0 Å². The lowest BCUT2D eigenvalue weighted by Gasteiger charge is -2.04. The summed E-state index contributed by atoms with van der Waals surface area (Å²) in [4.78, 5) is 12.3. The summed E-state index contributed by atoms with van der Waals surface area (Å²) >= 11 is 6.02. The van der Waals surface area contributed by atoms with Gasteiger partial charge >= 0.3 is 0 Å². The Morgan fingerprint density at radius 3 is 2.59 bits per heavy atom. The van der Waals surface area contributed by atoms with E-state index >= 15 is 0 Å². The molecule has 0 radical (unpaired) electrons. The minimum Gasteiger partial charge on any atom is -0.289 e. The quantitative estimate of drug-likeness (QED) is 0.742. The largest absolute Gasteiger partial charge is 0.289 e. The Kier molecular flexibility index (Phi) is 3.60. The molecule has 1 nitrogen and oxygen atoms in total. The third kappa shape index (κ3) is 2.56. The number of carbonyl (C=O) groups excluding carboxylic acids is 1. The van der Waals surface area contributed by atoms with Gasteiger partial charge in [0.25, 0.3) is 0 Å². The van der Waals surface area contributed by atoms with Crippen LogP contribution in [-0.4, -0.2) is 5.78 Å². The molecule has 17 heavy (non-hydrogen) atoms. The Morgan fingerprint density at radius 1 is 1.12 bits per heavy atom. The summed E-state index contributed by atoms with van der Waals surface area (Å²) in [5.74, 6) is -0.0223. The Bertz CT molecular complexity index is 546. The third-order valence-corrected chi connectivity index (χ3v) is 3.05. The van der Waals surface area contributed by atoms with E-state index in [9.17, 15) is 4.79 Å². The Labute approximate surface area is 106 Å². The molecule has 0 aliphatic carbocycles. The Hall–Kier alpha value is -1.60. The van der Waals surface area contributed by atoms with E-state index in [4.69, 9.17) is 11.6 Å². The summed E-state index contributed by atoms with van der Waals surface area (Å²) in [5, 5.41) is 0.499. The lowest BCUT2D eigenvalue weighted by atomic mass is 10.0. The van der Waals surface area contributed by atoms with Gasteiger partial charge in [0.2, 0.25) is 0 Å². The molecule has 2 heteroatoms. The molecular formula is C15H13ClO. The zero-order valence-corrected chi connectivity index (χ0v) is 10.4. The topological polar surface area (TPSA) is 17.1 Å². The molecule has 0 aliphatic rings. The van der Waals surface area contributed by atoms with Crippen LogP contribution in [0, 0.1) is 0 Å². The van der Waals surface area contributed by atoms with Crippen LogP contribution in [0.25, 0.3) is 0 Å². The standard InChI is InChI=1S/C15H13ClO/c1-2-11-6-5-7-12(10-11)15(17)13-8-3-4-9-14(13)16/h3-10H,2H2,1H3. The highest BCUT2D eigenvalue weighted by atomic mass is 35.5. The predicted molar refractivity (Wildman–Crippen MR) is 70.7 cm³/mol. The highest BCUT2D eigenvalue weighted by Gasteiger charge is 2.12. The van der Waals surface area contributed by atoms with Crippen molar-refractivity contribution in [2.75, 3.05) is 0 Å². The van der Waals surface area contributed by atoms with Crippen molar-refractivity contribution in [1.82, 2.24) is 0 Å². The fraction of sp³-hybridized carbons (Fsp3) is 0.133. The van der Waals surface area contributed by atoms with Crippen LogP contribution in [0.1, 0.15) is 28.4 Å². The molecule has 2 aromatic carbocycles. The van der Waals surface area contributed by atoms with Gasteiger partial charge in [-0.2, -0.15) is 0 Å². The van der Waals surface area contributed by atoms with E-state index in [2.05, 4.69) is 6.92 Å². The predicted octanol–water partition coefficient (Wildman–Crippen LogP) is 4.13. The minimum absolute atomic E-state index is 0.0223. The number of rotatable bonds is 3. The fourth-order valence-electron chi connectivity index (χ4n) is 1.73. The smallest absolute Gasteiger partial charge is 0.194 e. The molecule has 0 aromatic heterocycles. The van der Waals surface area contributed by atoms with Crippen molar-refractivity contribution in [3.63, 3.8) is 0 Å². The molecule has 0 fully saturated rings. The number of hydrogen-bond acceptors (Lipinski definition) is 1. The van der Waals surface area contributed by atoms with Gasteiger partial charge in [0.15, 0.2) is 5.78 Å². The zero-order chi connectivity index (χ0) is 12.3. The van der Waals surface area contributed by atoms with Gasteiger partial charge in [-0.3, -0.25) is 4.79 Å². The molecule has 0 amide bonds. The van der Waals surface area contributed by atoms with E-state index in [1.54, 1.807) is 12.1 Å². The van der Waals surface area contributed by atoms with Crippen LogP contribution in [0.5, 0.6) is 0 Å². The summed E-state index contributed by atoms with van der Waals surface area (Å²) < 4.78 is 0. The fourth-order valence-corrected chi connectivity index (χ4v) is 1.95. The maximum atomic E-state index is 12.3. The van der Waals surface area contributed by atoms with Crippen LogP contribution < -0.4 is 0 Å². The van der Waals surface area contributed by atoms with Crippen LogP contribution >= 0.6 is 11.6 Å². The third-order valence-electron chi connectivity index (χ3n) is 2.72. The van der Waals surface area contributed by atoms with Gasteiger partial charge in [-0.05, 0) is 30.2 Å². The summed E-state index contributed by atoms with van der Waals surface area (Å²) in [6.45, 7) is 2.07. The summed E-state index contributed by atoms with van der Waals surface area (Å²) in [7, 11) is 0. The number of halogens is 1. The number of aryl methyl sites for hydroxylation is 1. The normalized spacial score (nSPS) is 10.2. The molecule has 0 saturated carbocycles. The Morgan fingerprint density at radius 2 is 1.88 bits per heavy atom. The second-order valence-corrected chi connectivity index (χ2v) is 4.27. The second kappa shape index (κ2) is 5.15. The molecule has 2 aromatic rings. The highest BCUT2D eigenvalue weighted by molar-refractivity contribution is 6.34. The maximum Gasteiger partial charge on any atom is 0.194 e. The van der Waals surface area contributed by atoms with Gasteiger partial charge in [-0.25, -0.2) is 0 Å². The van der Waals surface area contributed by atoms with Crippen molar-refractivity contribution in [2.24, 2.45) is 0 Å². The van der Waals surface area contributed by atoms with Gasteiger partial charge in [0.1, 0.15) is 0 Å². The van der Waals surface area contributed by atoms with Crippen molar-refractivity contribution in [2.45, 2.75) is 13.3 Å². The summed E-state index contributed by atoms with van der Waals surface area (Å²) in [6, 6.07) is 14.8. The SMILES string of the molecule is CCc1cccc(C(=O)c2ccccc2Cl)c1.